The summed E-state index contributed by atoms with van der Waals surface area (Å²) in [5.74, 6) is -0.669. The molecule has 1 heterocycles. The Morgan fingerprint density at radius 3 is 2.52 bits per heavy atom. The van der Waals surface area contributed by atoms with Crippen LogP contribution in [0.25, 0.3) is 6.08 Å². The van der Waals surface area contributed by atoms with Crippen LogP contribution in [-0.2, 0) is 20.9 Å². The first-order valence-corrected chi connectivity index (χ1v) is 12.0. The van der Waals surface area contributed by atoms with Gasteiger partial charge in [-0.3, -0.25) is 4.79 Å². The number of hydrogen-bond donors (Lipinski definition) is 1. The number of aryl methyl sites for hydroxylation is 1. The van der Waals surface area contributed by atoms with Crippen molar-refractivity contribution >= 4 is 50.7 Å². The van der Waals surface area contributed by atoms with Crippen LogP contribution in [0.15, 0.2) is 68.2 Å². The number of carbonyl (C=O) groups excluding carboxylic acids is 2. The van der Waals surface area contributed by atoms with Gasteiger partial charge in [0.25, 0.3) is 0 Å². The Morgan fingerprint density at radius 1 is 1.15 bits per heavy atom. The summed E-state index contributed by atoms with van der Waals surface area (Å²) in [6.07, 6.45) is 1.91. The molecule has 0 aromatic heterocycles. The minimum absolute atomic E-state index is 0.0907. The summed E-state index contributed by atoms with van der Waals surface area (Å²) >= 11 is 4.59. The molecule has 1 N–H and O–H groups in total. The summed E-state index contributed by atoms with van der Waals surface area (Å²) in [4.78, 5) is 28.5. The van der Waals surface area contributed by atoms with Crippen LogP contribution in [-0.4, -0.2) is 28.6 Å². The lowest BCUT2D eigenvalue weighted by Crippen LogP contribution is -2.14. The molecular formula is C25H24BrNO5S. The van der Waals surface area contributed by atoms with E-state index in [9.17, 15) is 14.7 Å². The van der Waals surface area contributed by atoms with Crippen LogP contribution in [0.2, 0.25) is 0 Å². The highest BCUT2D eigenvalue weighted by molar-refractivity contribution is 9.10. The first kappa shape index (κ1) is 24.8. The van der Waals surface area contributed by atoms with Gasteiger partial charge in [0, 0.05) is 6.42 Å². The lowest BCUT2D eigenvalue weighted by atomic mass is 10.1. The van der Waals surface area contributed by atoms with Gasteiger partial charge in [-0.05, 0) is 59.1 Å². The molecule has 0 saturated heterocycles. The fourth-order valence-electron chi connectivity index (χ4n) is 2.90. The predicted molar refractivity (Wildman–Crippen MR) is 134 cm³/mol. The van der Waals surface area contributed by atoms with Gasteiger partial charge in [0.15, 0.2) is 0 Å². The molecule has 1 aliphatic rings. The first-order valence-electron chi connectivity index (χ1n) is 10.4. The van der Waals surface area contributed by atoms with Gasteiger partial charge < -0.3 is 14.6 Å². The number of aliphatic hydroxyl groups excluding tert-OH is 1. The van der Waals surface area contributed by atoms with Crippen molar-refractivity contribution in [1.29, 1.82) is 0 Å². The van der Waals surface area contributed by atoms with Crippen molar-refractivity contribution in [2.75, 3.05) is 6.61 Å². The summed E-state index contributed by atoms with van der Waals surface area (Å²) in [7, 11) is 0. The molecule has 8 heteroatoms. The van der Waals surface area contributed by atoms with Gasteiger partial charge >= 0.3 is 5.97 Å². The normalized spacial score (nSPS) is 15.9. The summed E-state index contributed by atoms with van der Waals surface area (Å²) in [6, 6.07) is 13.6. The molecule has 0 aliphatic carbocycles. The second-order valence-corrected chi connectivity index (χ2v) is 9.07. The third kappa shape index (κ3) is 6.36. The van der Waals surface area contributed by atoms with E-state index in [0.29, 0.717) is 17.3 Å². The Morgan fingerprint density at radius 2 is 1.88 bits per heavy atom. The van der Waals surface area contributed by atoms with E-state index < -0.39 is 5.97 Å². The molecule has 0 unspecified atom stereocenters. The van der Waals surface area contributed by atoms with Gasteiger partial charge in [-0.15, -0.1) is 0 Å². The molecule has 2 aromatic carbocycles. The molecule has 0 atom stereocenters. The lowest BCUT2D eigenvalue weighted by Gasteiger charge is -2.09. The summed E-state index contributed by atoms with van der Waals surface area (Å²) < 4.78 is 11.7. The van der Waals surface area contributed by atoms with Gasteiger partial charge in [0.2, 0.25) is 5.91 Å². The van der Waals surface area contributed by atoms with E-state index in [1.54, 1.807) is 19.9 Å². The average molecular weight is 530 g/mol. The topological polar surface area (TPSA) is 85.2 Å². The minimum atomic E-state index is -0.713. The molecule has 0 bridgehead atoms. The van der Waals surface area contributed by atoms with Crippen LogP contribution >= 0.6 is 27.7 Å². The Hall–Kier alpha value is -2.84. The molecule has 0 radical (unpaired) electrons. The summed E-state index contributed by atoms with van der Waals surface area (Å²) in [6.45, 7) is 5.97. The number of halogens is 1. The largest absolute Gasteiger partial charge is 0.506 e. The van der Waals surface area contributed by atoms with E-state index >= 15 is 0 Å². The Labute approximate surface area is 205 Å². The number of amides is 1. The molecule has 0 fully saturated rings. The highest BCUT2D eigenvalue weighted by Crippen LogP contribution is 2.40. The monoisotopic (exact) mass is 529 g/mol. The van der Waals surface area contributed by atoms with Crippen molar-refractivity contribution in [3.8, 4) is 5.75 Å². The van der Waals surface area contributed by atoms with E-state index in [4.69, 9.17) is 9.47 Å². The maximum absolute atomic E-state index is 12.3. The smallest absolute Gasteiger partial charge is 0.344 e. The molecule has 172 valence electrons. The van der Waals surface area contributed by atoms with Crippen LogP contribution in [0.5, 0.6) is 5.75 Å². The van der Waals surface area contributed by atoms with Gasteiger partial charge in [0.1, 0.15) is 28.7 Å². The van der Waals surface area contributed by atoms with E-state index in [1.165, 1.54) is 5.56 Å². The molecule has 6 nitrogen and oxygen atoms in total. The SMILES string of the molecule is CCOC(=O)C1=C(O)/C(=C/c2ccc(OCc3ccc(C)cc3)c(Br)c2)SC1=NC(=O)CC. The van der Waals surface area contributed by atoms with Crippen molar-refractivity contribution in [3.05, 3.63) is 79.9 Å². The number of benzene rings is 2. The summed E-state index contributed by atoms with van der Waals surface area (Å²) in [5, 5.41) is 10.8. The average Bonchev–Trinajstić information content (AvgIpc) is 3.08. The zero-order valence-electron chi connectivity index (χ0n) is 18.6. The zero-order chi connectivity index (χ0) is 24.0. The number of carbonyl (C=O) groups is 2. The van der Waals surface area contributed by atoms with Gasteiger partial charge in [-0.1, -0.05) is 54.6 Å². The minimum Gasteiger partial charge on any atom is -0.506 e. The molecule has 0 spiro atoms. The van der Waals surface area contributed by atoms with E-state index in [1.807, 2.05) is 49.4 Å². The second kappa shape index (κ2) is 11.3. The Balaban J connectivity index is 1.83. The Bertz CT molecular complexity index is 1150. The van der Waals surface area contributed by atoms with Crippen molar-refractivity contribution in [3.63, 3.8) is 0 Å². The second-order valence-electron chi connectivity index (χ2n) is 7.18. The first-order chi connectivity index (χ1) is 15.8. The van der Waals surface area contributed by atoms with Crippen LogP contribution in [0.4, 0.5) is 0 Å². The van der Waals surface area contributed by atoms with Gasteiger partial charge in [0.05, 0.1) is 16.0 Å². The predicted octanol–water partition coefficient (Wildman–Crippen LogP) is 6.13. The van der Waals surface area contributed by atoms with Crippen LogP contribution in [0.1, 0.15) is 37.0 Å². The highest BCUT2D eigenvalue weighted by atomic mass is 79.9. The number of nitrogens with zero attached hydrogens (tertiary/aromatic N) is 1. The Kier molecular flexibility index (Phi) is 8.52. The summed E-state index contributed by atoms with van der Waals surface area (Å²) in [5.41, 5.74) is 2.94. The maximum Gasteiger partial charge on any atom is 0.344 e. The quantitative estimate of drug-likeness (QED) is 0.434. The third-order valence-corrected chi connectivity index (χ3v) is 6.31. The number of esters is 1. The standard InChI is InChI=1S/C25H24BrNO5S/c1-4-21(28)27-24-22(25(30)31-5-2)23(29)20(33-24)13-17-10-11-19(18(26)12-17)32-14-16-8-6-15(3)7-9-16/h6-13,29H,4-5,14H2,1-3H3/b20-13-,27-24?. The van der Waals surface area contributed by atoms with E-state index in [-0.39, 0.29) is 35.3 Å². The number of aliphatic hydroxyl groups is 1. The van der Waals surface area contributed by atoms with Crippen molar-refractivity contribution in [2.24, 2.45) is 4.99 Å². The number of rotatable bonds is 7. The number of thioether (sulfide) groups is 1. The van der Waals surface area contributed by atoms with Gasteiger partial charge in [-0.2, -0.15) is 0 Å². The lowest BCUT2D eigenvalue weighted by molar-refractivity contribution is -0.138. The molecule has 1 aliphatic heterocycles. The number of hydrogen-bond acceptors (Lipinski definition) is 6. The molecular weight excluding hydrogens is 506 g/mol. The number of ether oxygens (including phenoxy) is 2. The fraction of sp³-hybridized carbons (Fsp3) is 0.240. The van der Waals surface area contributed by atoms with Crippen LogP contribution < -0.4 is 4.74 Å². The van der Waals surface area contributed by atoms with Crippen molar-refractivity contribution in [2.45, 2.75) is 33.8 Å². The number of aliphatic imine (C=N–C) groups is 1. The van der Waals surface area contributed by atoms with Gasteiger partial charge in [-0.25, -0.2) is 9.79 Å². The molecule has 1 amide bonds. The molecule has 2 aromatic rings. The van der Waals surface area contributed by atoms with E-state index in [2.05, 4.69) is 20.9 Å². The van der Waals surface area contributed by atoms with E-state index in [0.717, 1.165) is 27.4 Å². The zero-order valence-corrected chi connectivity index (χ0v) is 21.0. The fourth-order valence-corrected chi connectivity index (χ4v) is 4.45. The highest BCUT2D eigenvalue weighted by Gasteiger charge is 2.33. The molecule has 0 saturated carbocycles. The maximum atomic E-state index is 12.3. The third-order valence-electron chi connectivity index (χ3n) is 4.67. The molecule has 3 rings (SSSR count). The van der Waals surface area contributed by atoms with Crippen LogP contribution in [0.3, 0.4) is 0 Å². The van der Waals surface area contributed by atoms with Crippen molar-refractivity contribution < 1.29 is 24.2 Å². The molecule has 33 heavy (non-hydrogen) atoms. The van der Waals surface area contributed by atoms with Crippen molar-refractivity contribution in [1.82, 2.24) is 0 Å². The van der Waals surface area contributed by atoms with Crippen LogP contribution in [0, 0.1) is 6.92 Å².